The molecule has 1 aromatic carbocycles. The van der Waals surface area contributed by atoms with Crippen molar-refractivity contribution in [3.8, 4) is 0 Å². The molecule has 0 unspecified atom stereocenters. The topological polar surface area (TPSA) is 44.4 Å². The van der Waals surface area contributed by atoms with Gasteiger partial charge in [-0.25, -0.2) is 0 Å². The van der Waals surface area contributed by atoms with E-state index in [2.05, 4.69) is 22.5 Å². The quantitative estimate of drug-likeness (QED) is 0.890. The van der Waals surface area contributed by atoms with Gasteiger partial charge in [-0.15, -0.1) is 12.4 Å². The molecule has 1 fully saturated rings. The van der Waals surface area contributed by atoms with Crippen molar-refractivity contribution >= 4 is 47.2 Å². The predicted molar refractivity (Wildman–Crippen MR) is 86.2 cm³/mol. The Labute approximate surface area is 135 Å². The summed E-state index contributed by atoms with van der Waals surface area (Å²) in [6.45, 7) is 5.16. The third kappa shape index (κ3) is 4.50. The molecule has 1 heterocycles. The van der Waals surface area contributed by atoms with Crippen LogP contribution < -0.4 is 10.6 Å². The predicted octanol–water partition coefficient (Wildman–Crippen LogP) is 2.65. The Balaban J connectivity index is 0.00000200. The number of amides is 1. The SMILES string of the molecule is C[C@@H]1CNCCN1CC(=O)Nc1cccc(Cl)c1Cl.Cl. The molecule has 0 saturated carbocycles. The zero-order chi connectivity index (χ0) is 13.8. The van der Waals surface area contributed by atoms with Crippen molar-refractivity contribution in [1.82, 2.24) is 10.2 Å². The average Bonchev–Trinajstić information content (AvgIpc) is 2.38. The number of hydrogen-bond acceptors (Lipinski definition) is 3. The van der Waals surface area contributed by atoms with Crippen molar-refractivity contribution in [3.63, 3.8) is 0 Å². The summed E-state index contributed by atoms with van der Waals surface area (Å²) in [5, 5.41) is 6.91. The second kappa shape index (κ2) is 8.05. The number of carbonyl (C=O) groups is 1. The summed E-state index contributed by atoms with van der Waals surface area (Å²) in [5.74, 6) is -0.0714. The van der Waals surface area contributed by atoms with Gasteiger partial charge in [-0.3, -0.25) is 9.69 Å². The lowest BCUT2D eigenvalue weighted by molar-refractivity contribution is -0.118. The molecule has 7 heteroatoms. The first-order valence-corrected chi connectivity index (χ1v) is 7.02. The van der Waals surface area contributed by atoms with E-state index in [9.17, 15) is 4.79 Å². The van der Waals surface area contributed by atoms with Gasteiger partial charge >= 0.3 is 0 Å². The molecular formula is C13H18Cl3N3O. The minimum Gasteiger partial charge on any atom is -0.324 e. The lowest BCUT2D eigenvalue weighted by Crippen LogP contribution is -2.51. The standard InChI is InChI=1S/C13H17Cl2N3O.ClH/c1-9-7-16-5-6-18(9)8-12(19)17-11-4-2-3-10(14)13(11)15;/h2-4,9,16H,5-8H2,1H3,(H,17,19);1H/t9-;/m1./s1. The minimum atomic E-state index is -0.0714. The second-order valence-electron chi connectivity index (χ2n) is 4.67. The first-order valence-electron chi connectivity index (χ1n) is 6.26. The van der Waals surface area contributed by atoms with Crippen molar-refractivity contribution in [1.29, 1.82) is 0 Å². The highest BCUT2D eigenvalue weighted by Crippen LogP contribution is 2.29. The van der Waals surface area contributed by atoms with Crippen LogP contribution in [0.4, 0.5) is 5.69 Å². The van der Waals surface area contributed by atoms with Crippen LogP contribution >= 0.6 is 35.6 Å². The molecule has 1 atom stereocenters. The summed E-state index contributed by atoms with van der Waals surface area (Å²) in [4.78, 5) is 14.2. The maximum Gasteiger partial charge on any atom is 0.238 e. The van der Waals surface area contributed by atoms with Crippen molar-refractivity contribution < 1.29 is 4.79 Å². The molecule has 20 heavy (non-hydrogen) atoms. The number of nitrogens with zero attached hydrogens (tertiary/aromatic N) is 1. The van der Waals surface area contributed by atoms with Gasteiger partial charge < -0.3 is 10.6 Å². The van der Waals surface area contributed by atoms with Crippen LogP contribution in [0.2, 0.25) is 10.0 Å². The van der Waals surface area contributed by atoms with E-state index in [1.165, 1.54) is 0 Å². The van der Waals surface area contributed by atoms with E-state index in [1.807, 2.05) is 0 Å². The number of carbonyl (C=O) groups excluding carboxylic acids is 1. The molecule has 0 aliphatic carbocycles. The van der Waals surface area contributed by atoms with Crippen molar-refractivity contribution in [3.05, 3.63) is 28.2 Å². The molecule has 1 saturated heterocycles. The first kappa shape index (κ1) is 17.5. The monoisotopic (exact) mass is 337 g/mol. The zero-order valence-electron chi connectivity index (χ0n) is 11.2. The van der Waals surface area contributed by atoms with Gasteiger partial charge in [-0.1, -0.05) is 29.3 Å². The van der Waals surface area contributed by atoms with E-state index in [4.69, 9.17) is 23.2 Å². The highest BCUT2D eigenvalue weighted by molar-refractivity contribution is 6.43. The molecule has 4 nitrogen and oxygen atoms in total. The summed E-state index contributed by atoms with van der Waals surface area (Å²) >= 11 is 11.9. The van der Waals surface area contributed by atoms with E-state index < -0.39 is 0 Å². The summed E-state index contributed by atoms with van der Waals surface area (Å²) in [6, 6.07) is 5.55. The van der Waals surface area contributed by atoms with Gasteiger partial charge in [0.1, 0.15) is 0 Å². The van der Waals surface area contributed by atoms with Gasteiger partial charge in [-0.2, -0.15) is 0 Å². The highest BCUT2D eigenvalue weighted by atomic mass is 35.5. The number of nitrogens with one attached hydrogen (secondary N) is 2. The van der Waals surface area contributed by atoms with E-state index in [-0.39, 0.29) is 18.3 Å². The number of anilines is 1. The molecule has 2 rings (SSSR count). The third-order valence-corrected chi connectivity index (χ3v) is 4.03. The van der Waals surface area contributed by atoms with Crippen LogP contribution in [0.5, 0.6) is 0 Å². The maximum atomic E-state index is 12.0. The van der Waals surface area contributed by atoms with E-state index >= 15 is 0 Å². The van der Waals surface area contributed by atoms with Gasteiger partial charge in [0.05, 0.1) is 22.3 Å². The molecule has 1 aromatic rings. The highest BCUT2D eigenvalue weighted by Gasteiger charge is 2.20. The Morgan fingerprint density at radius 2 is 2.25 bits per heavy atom. The molecular weight excluding hydrogens is 321 g/mol. The molecule has 0 bridgehead atoms. The van der Waals surface area contributed by atoms with Crippen LogP contribution in [0, 0.1) is 0 Å². The Morgan fingerprint density at radius 1 is 1.50 bits per heavy atom. The number of halogens is 3. The fourth-order valence-corrected chi connectivity index (χ4v) is 2.44. The van der Waals surface area contributed by atoms with Gasteiger partial charge in [0.2, 0.25) is 5.91 Å². The van der Waals surface area contributed by atoms with E-state index in [1.54, 1.807) is 18.2 Å². The Morgan fingerprint density at radius 3 is 2.95 bits per heavy atom. The van der Waals surface area contributed by atoms with Gasteiger partial charge in [0, 0.05) is 25.7 Å². The first-order chi connectivity index (χ1) is 9.08. The minimum absolute atomic E-state index is 0. The molecule has 1 aliphatic rings. The fourth-order valence-electron chi connectivity index (χ4n) is 2.09. The molecule has 0 radical (unpaired) electrons. The van der Waals surface area contributed by atoms with Crippen LogP contribution in [0.25, 0.3) is 0 Å². The van der Waals surface area contributed by atoms with Gasteiger partial charge in [0.25, 0.3) is 0 Å². The number of benzene rings is 1. The molecule has 112 valence electrons. The normalized spacial score (nSPS) is 19.2. The van der Waals surface area contributed by atoms with Crippen molar-refractivity contribution in [2.45, 2.75) is 13.0 Å². The lowest BCUT2D eigenvalue weighted by atomic mass is 10.2. The fraction of sp³-hybridized carbons (Fsp3) is 0.462. The maximum absolute atomic E-state index is 12.0. The second-order valence-corrected chi connectivity index (χ2v) is 5.46. The van der Waals surface area contributed by atoms with Crippen LogP contribution in [-0.4, -0.2) is 43.0 Å². The molecule has 0 aromatic heterocycles. The molecule has 2 N–H and O–H groups in total. The average molecular weight is 339 g/mol. The third-order valence-electron chi connectivity index (χ3n) is 3.21. The lowest BCUT2D eigenvalue weighted by Gasteiger charge is -2.33. The summed E-state index contributed by atoms with van der Waals surface area (Å²) < 4.78 is 0. The Hall–Kier alpha value is -0.520. The number of hydrogen-bond donors (Lipinski definition) is 2. The summed E-state index contributed by atoms with van der Waals surface area (Å²) in [5.41, 5.74) is 0.557. The van der Waals surface area contributed by atoms with E-state index in [0.29, 0.717) is 28.3 Å². The van der Waals surface area contributed by atoms with Gasteiger partial charge in [-0.05, 0) is 19.1 Å². The molecule has 0 spiro atoms. The van der Waals surface area contributed by atoms with Crippen molar-refractivity contribution in [2.75, 3.05) is 31.5 Å². The smallest absolute Gasteiger partial charge is 0.238 e. The summed E-state index contributed by atoms with van der Waals surface area (Å²) in [7, 11) is 0. The largest absolute Gasteiger partial charge is 0.324 e. The Kier molecular flexibility index (Phi) is 7.06. The number of piperazine rings is 1. The summed E-state index contributed by atoms with van der Waals surface area (Å²) in [6.07, 6.45) is 0. The molecule has 1 aliphatic heterocycles. The number of rotatable bonds is 3. The zero-order valence-corrected chi connectivity index (χ0v) is 13.5. The van der Waals surface area contributed by atoms with E-state index in [0.717, 1.165) is 19.6 Å². The Bertz CT molecular complexity index is 470. The van der Waals surface area contributed by atoms with Crippen molar-refractivity contribution in [2.24, 2.45) is 0 Å². The van der Waals surface area contributed by atoms with Crippen LogP contribution in [0.1, 0.15) is 6.92 Å². The molecule has 1 amide bonds. The van der Waals surface area contributed by atoms with Crippen LogP contribution in [0.15, 0.2) is 18.2 Å². The van der Waals surface area contributed by atoms with Crippen LogP contribution in [0.3, 0.4) is 0 Å². The van der Waals surface area contributed by atoms with Gasteiger partial charge in [0.15, 0.2) is 0 Å². The van der Waals surface area contributed by atoms with Crippen LogP contribution in [-0.2, 0) is 4.79 Å².